The first-order valence-corrected chi connectivity index (χ1v) is 5.50. The molecule has 3 heteroatoms. The van der Waals surface area contributed by atoms with Crippen LogP contribution in [-0.2, 0) is 4.74 Å². The van der Waals surface area contributed by atoms with Crippen molar-refractivity contribution in [3.8, 4) is 0 Å². The van der Waals surface area contributed by atoms with Crippen LogP contribution in [0.25, 0.3) is 0 Å². The molecule has 0 saturated carbocycles. The summed E-state index contributed by atoms with van der Waals surface area (Å²) in [6.45, 7) is 4.82. The van der Waals surface area contributed by atoms with Gasteiger partial charge < -0.3 is 4.74 Å². The average molecular weight is 224 g/mol. The van der Waals surface area contributed by atoms with Gasteiger partial charge in [-0.3, -0.25) is 0 Å². The van der Waals surface area contributed by atoms with Gasteiger partial charge in [-0.15, -0.1) is 0 Å². The van der Waals surface area contributed by atoms with Crippen molar-refractivity contribution < 1.29 is 4.74 Å². The van der Waals surface area contributed by atoms with Gasteiger partial charge >= 0.3 is 0 Å². The number of hydrogen-bond acceptors (Lipinski definition) is 2. The summed E-state index contributed by atoms with van der Waals surface area (Å²) in [6.07, 6.45) is 0. The fourth-order valence-corrected chi connectivity index (χ4v) is 1.69. The van der Waals surface area contributed by atoms with Crippen LogP contribution in [0.5, 0.6) is 0 Å². The molecule has 1 unspecified atom stereocenters. The summed E-state index contributed by atoms with van der Waals surface area (Å²) in [4.78, 5) is 4.54. The van der Waals surface area contributed by atoms with Gasteiger partial charge in [0.15, 0.2) is 5.90 Å². The molecule has 0 aromatic heterocycles. The smallest absolute Gasteiger partial charge is 0.186 e. The van der Waals surface area contributed by atoms with Gasteiger partial charge in [-0.25, -0.2) is 4.99 Å². The highest BCUT2D eigenvalue weighted by Crippen LogP contribution is 2.25. The molecule has 2 rings (SSSR count). The van der Waals surface area contributed by atoms with Crippen LogP contribution in [0.4, 0.5) is 0 Å². The minimum atomic E-state index is 0.139. The van der Waals surface area contributed by atoms with Crippen molar-refractivity contribution in [2.24, 2.45) is 10.9 Å². The molecule has 1 atom stereocenters. The molecular formula is C12H14ClNO. The van der Waals surface area contributed by atoms with Gasteiger partial charge in [-0.1, -0.05) is 37.6 Å². The van der Waals surface area contributed by atoms with Crippen LogP contribution in [0.1, 0.15) is 25.5 Å². The third kappa shape index (κ3) is 2.32. The maximum atomic E-state index is 5.83. The molecule has 0 saturated heterocycles. The Morgan fingerprint density at radius 3 is 2.53 bits per heavy atom. The molecule has 0 N–H and O–H groups in total. The maximum absolute atomic E-state index is 5.83. The Kier molecular flexibility index (Phi) is 2.96. The second-order valence-corrected chi connectivity index (χ2v) is 4.44. The van der Waals surface area contributed by atoms with Crippen molar-refractivity contribution in [1.29, 1.82) is 0 Å². The molecular weight excluding hydrogens is 210 g/mol. The molecule has 1 aromatic rings. The molecule has 1 aliphatic heterocycles. The van der Waals surface area contributed by atoms with Crippen LogP contribution in [0.2, 0.25) is 5.02 Å². The fraction of sp³-hybridized carbons (Fsp3) is 0.417. The predicted octanol–water partition coefficient (Wildman–Crippen LogP) is 3.47. The molecule has 0 spiro atoms. The van der Waals surface area contributed by atoms with Crippen LogP contribution in [0, 0.1) is 5.92 Å². The third-order valence-electron chi connectivity index (χ3n) is 2.42. The lowest BCUT2D eigenvalue weighted by molar-refractivity contribution is 0.303. The predicted molar refractivity (Wildman–Crippen MR) is 62.4 cm³/mol. The highest BCUT2D eigenvalue weighted by Gasteiger charge is 2.21. The lowest BCUT2D eigenvalue weighted by Crippen LogP contribution is -2.06. The largest absolute Gasteiger partial charge is 0.478 e. The first kappa shape index (κ1) is 10.5. The third-order valence-corrected chi connectivity index (χ3v) is 2.67. The molecule has 1 heterocycles. The summed E-state index contributed by atoms with van der Waals surface area (Å²) >= 11 is 5.83. The first-order valence-electron chi connectivity index (χ1n) is 5.13. The van der Waals surface area contributed by atoms with Crippen LogP contribution in [0.15, 0.2) is 29.3 Å². The topological polar surface area (TPSA) is 21.6 Å². The number of benzene rings is 1. The molecule has 15 heavy (non-hydrogen) atoms. The monoisotopic (exact) mass is 223 g/mol. The Bertz CT molecular complexity index is 370. The first-order chi connectivity index (χ1) is 7.16. The van der Waals surface area contributed by atoms with Gasteiger partial charge in [0.1, 0.15) is 12.6 Å². The molecule has 0 radical (unpaired) electrons. The molecule has 0 fully saturated rings. The minimum absolute atomic E-state index is 0.139. The average Bonchev–Trinajstić information content (AvgIpc) is 2.68. The Hall–Kier alpha value is -1.02. The molecule has 0 aliphatic carbocycles. The van der Waals surface area contributed by atoms with Crippen LogP contribution in [0.3, 0.4) is 0 Å². The van der Waals surface area contributed by atoms with E-state index in [0.717, 1.165) is 16.5 Å². The summed E-state index contributed by atoms with van der Waals surface area (Å²) in [5, 5.41) is 0.755. The second kappa shape index (κ2) is 4.23. The van der Waals surface area contributed by atoms with Crippen LogP contribution in [-0.4, -0.2) is 12.5 Å². The Morgan fingerprint density at radius 2 is 2.00 bits per heavy atom. The van der Waals surface area contributed by atoms with E-state index in [1.807, 2.05) is 24.3 Å². The van der Waals surface area contributed by atoms with E-state index in [2.05, 4.69) is 18.8 Å². The van der Waals surface area contributed by atoms with Gasteiger partial charge in [0.05, 0.1) is 0 Å². The summed E-state index contributed by atoms with van der Waals surface area (Å²) < 4.78 is 5.53. The fourth-order valence-electron chi connectivity index (χ4n) is 1.56. The van der Waals surface area contributed by atoms with Crippen molar-refractivity contribution >= 4 is 17.5 Å². The van der Waals surface area contributed by atoms with Gasteiger partial charge in [-0.05, 0) is 17.7 Å². The number of rotatable bonds is 2. The summed E-state index contributed by atoms with van der Waals surface area (Å²) in [5.41, 5.74) is 1.16. The zero-order valence-electron chi connectivity index (χ0n) is 8.90. The lowest BCUT2D eigenvalue weighted by Gasteiger charge is -2.04. The maximum Gasteiger partial charge on any atom is 0.186 e. The van der Waals surface area contributed by atoms with Gasteiger partial charge in [0.2, 0.25) is 0 Å². The lowest BCUT2D eigenvalue weighted by atomic mass is 10.1. The van der Waals surface area contributed by atoms with E-state index in [1.54, 1.807) is 0 Å². The quantitative estimate of drug-likeness (QED) is 0.753. The highest BCUT2D eigenvalue weighted by molar-refractivity contribution is 6.30. The van der Waals surface area contributed by atoms with Gasteiger partial charge in [0.25, 0.3) is 0 Å². The van der Waals surface area contributed by atoms with E-state index in [9.17, 15) is 0 Å². The Morgan fingerprint density at radius 1 is 1.33 bits per heavy atom. The van der Waals surface area contributed by atoms with E-state index < -0.39 is 0 Å². The molecule has 0 bridgehead atoms. The van der Waals surface area contributed by atoms with Crippen LogP contribution < -0.4 is 0 Å². The van der Waals surface area contributed by atoms with Gasteiger partial charge in [-0.2, -0.15) is 0 Å². The molecule has 0 amide bonds. The normalized spacial score (nSPS) is 20.3. The van der Waals surface area contributed by atoms with Crippen molar-refractivity contribution in [2.75, 3.05) is 6.61 Å². The van der Waals surface area contributed by atoms with Crippen molar-refractivity contribution in [3.63, 3.8) is 0 Å². The number of nitrogens with zero attached hydrogens (tertiary/aromatic N) is 1. The number of hydrogen-bond donors (Lipinski definition) is 0. The van der Waals surface area contributed by atoms with Crippen LogP contribution >= 0.6 is 11.6 Å². The molecule has 2 nitrogen and oxygen atoms in total. The van der Waals surface area contributed by atoms with E-state index in [-0.39, 0.29) is 6.04 Å². The zero-order valence-corrected chi connectivity index (χ0v) is 9.66. The van der Waals surface area contributed by atoms with Crippen molar-refractivity contribution in [2.45, 2.75) is 19.9 Å². The Balaban J connectivity index is 2.17. The molecule has 1 aromatic carbocycles. The zero-order chi connectivity index (χ0) is 10.8. The minimum Gasteiger partial charge on any atom is -0.478 e. The van der Waals surface area contributed by atoms with Gasteiger partial charge in [0, 0.05) is 10.9 Å². The summed E-state index contributed by atoms with van der Waals surface area (Å²) in [6, 6.07) is 7.92. The van der Waals surface area contributed by atoms with Crippen molar-refractivity contribution in [1.82, 2.24) is 0 Å². The standard InChI is InChI=1S/C12H14ClNO/c1-8(2)12-14-11(7-15-12)9-3-5-10(13)6-4-9/h3-6,8,11H,7H2,1-2H3. The molecule has 1 aliphatic rings. The molecule has 80 valence electrons. The summed E-state index contributed by atoms with van der Waals surface area (Å²) in [7, 11) is 0. The SMILES string of the molecule is CC(C)C1=NC(c2ccc(Cl)cc2)CO1. The Labute approximate surface area is 94.9 Å². The van der Waals surface area contributed by atoms with Crippen molar-refractivity contribution in [3.05, 3.63) is 34.9 Å². The van der Waals surface area contributed by atoms with E-state index in [4.69, 9.17) is 16.3 Å². The van der Waals surface area contributed by atoms with E-state index >= 15 is 0 Å². The number of aliphatic imine (C=N–C) groups is 1. The van der Waals surface area contributed by atoms with E-state index in [0.29, 0.717) is 12.5 Å². The highest BCUT2D eigenvalue weighted by atomic mass is 35.5. The summed E-state index contributed by atoms with van der Waals surface area (Å²) in [5.74, 6) is 1.22. The number of halogens is 1. The number of ether oxygens (including phenoxy) is 1. The van der Waals surface area contributed by atoms with E-state index in [1.165, 1.54) is 0 Å². The second-order valence-electron chi connectivity index (χ2n) is 4.00.